The molecule has 2 aromatic rings. The van der Waals surface area contributed by atoms with E-state index in [1.807, 2.05) is 19.1 Å². The van der Waals surface area contributed by atoms with Crippen LogP contribution in [0.1, 0.15) is 53.6 Å². The third kappa shape index (κ3) is 3.96. The number of hydrogen-bond acceptors (Lipinski definition) is 4. The van der Waals surface area contributed by atoms with E-state index in [-0.39, 0.29) is 16.8 Å². The van der Waals surface area contributed by atoms with Crippen LogP contribution in [0.15, 0.2) is 41.3 Å². The van der Waals surface area contributed by atoms with E-state index in [9.17, 15) is 13.2 Å². The number of rotatable bonds is 5. The number of methoxy groups -OCH3 is 1. The van der Waals surface area contributed by atoms with Crippen molar-refractivity contribution in [2.45, 2.75) is 56.4 Å². The quantitative estimate of drug-likeness (QED) is 0.786. The van der Waals surface area contributed by atoms with E-state index >= 15 is 0 Å². The lowest BCUT2D eigenvalue weighted by Gasteiger charge is -2.32. The predicted molar refractivity (Wildman–Crippen MR) is 117 cm³/mol. The fourth-order valence-electron chi connectivity index (χ4n) is 4.50. The molecule has 1 saturated carbocycles. The molecule has 2 aromatic carbocycles. The second kappa shape index (κ2) is 8.40. The summed E-state index contributed by atoms with van der Waals surface area (Å²) < 4.78 is 34.0. The van der Waals surface area contributed by atoms with Gasteiger partial charge in [0, 0.05) is 18.2 Å². The summed E-state index contributed by atoms with van der Waals surface area (Å²) in [5, 5.41) is 0. The Hall–Kier alpha value is -2.38. The van der Waals surface area contributed by atoms with Crippen molar-refractivity contribution in [3.8, 4) is 5.75 Å². The van der Waals surface area contributed by atoms with Crippen LogP contribution in [0, 0.1) is 6.92 Å². The summed E-state index contributed by atoms with van der Waals surface area (Å²) in [6.45, 7) is 2.61. The molecule has 1 N–H and O–H groups in total. The number of ether oxygens (including phenoxy) is 1. The Bertz CT molecular complexity index is 1060. The van der Waals surface area contributed by atoms with Crippen LogP contribution in [0.3, 0.4) is 0 Å². The number of benzene rings is 2. The van der Waals surface area contributed by atoms with Gasteiger partial charge in [0.05, 0.1) is 17.7 Å². The minimum atomic E-state index is -3.66. The molecule has 6 nitrogen and oxygen atoms in total. The van der Waals surface area contributed by atoms with Gasteiger partial charge in [-0.2, -0.15) is 0 Å². The van der Waals surface area contributed by atoms with Crippen molar-refractivity contribution >= 4 is 21.6 Å². The van der Waals surface area contributed by atoms with Crippen LogP contribution in [0.25, 0.3) is 0 Å². The van der Waals surface area contributed by atoms with E-state index in [4.69, 9.17) is 4.74 Å². The molecule has 1 aliphatic carbocycles. The second-order valence-electron chi connectivity index (χ2n) is 8.10. The number of carbonyl (C=O) groups excluding carboxylic acids is 1. The van der Waals surface area contributed by atoms with Crippen LogP contribution >= 0.6 is 0 Å². The number of sulfonamides is 1. The molecule has 0 radical (unpaired) electrons. The van der Waals surface area contributed by atoms with Gasteiger partial charge >= 0.3 is 0 Å². The molecule has 30 heavy (non-hydrogen) atoms. The summed E-state index contributed by atoms with van der Waals surface area (Å²) in [6, 6.07) is 10.2. The maximum absolute atomic E-state index is 13.4. The Kier molecular flexibility index (Phi) is 5.84. The van der Waals surface area contributed by atoms with E-state index in [1.54, 1.807) is 30.2 Å². The number of amides is 1. The summed E-state index contributed by atoms with van der Waals surface area (Å²) in [5.41, 5.74) is 3.40. The zero-order valence-electron chi connectivity index (χ0n) is 17.5. The van der Waals surface area contributed by atoms with E-state index in [1.165, 1.54) is 6.07 Å². The molecule has 4 rings (SSSR count). The molecule has 0 aromatic heterocycles. The van der Waals surface area contributed by atoms with Crippen molar-refractivity contribution in [3.05, 3.63) is 53.1 Å². The van der Waals surface area contributed by atoms with Gasteiger partial charge < -0.3 is 9.64 Å². The smallest absolute Gasteiger partial charge is 0.258 e. The molecule has 1 amide bonds. The molecule has 1 aliphatic heterocycles. The Morgan fingerprint density at radius 2 is 1.90 bits per heavy atom. The first-order valence-electron chi connectivity index (χ1n) is 10.5. The van der Waals surface area contributed by atoms with Crippen molar-refractivity contribution in [1.82, 2.24) is 4.72 Å². The fourth-order valence-corrected chi connectivity index (χ4v) is 5.85. The Balaban J connectivity index is 1.66. The van der Waals surface area contributed by atoms with Crippen LogP contribution in [-0.2, 0) is 16.4 Å². The van der Waals surface area contributed by atoms with Crippen LogP contribution in [-0.4, -0.2) is 34.0 Å². The Morgan fingerprint density at radius 1 is 1.13 bits per heavy atom. The highest BCUT2D eigenvalue weighted by molar-refractivity contribution is 7.89. The van der Waals surface area contributed by atoms with Gasteiger partial charge in [0.25, 0.3) is 5.91 Å². The lowest BCUT2D eigenvalue weighted by atomic mass is 9.95. The summed E-state index contributed by atoms with van der Waals surface area (Å²) in [5.74, 6) is 0.452. The summed E-state index contributed by atoms with van der Waals surface area (Å²) >= 11 is 0. The number of nitrogens with one attached hydrogen (secondary N) is 1. The molecule has 0 bridgehead atoms. The number of fused-ring (bicyclic) bond motifs is 1. The number of hydrogen-bond donors (Lipinski definition) is 1. The van der Waals surface area contributed by atoms with Gasteiger partial charge in [-0.05, 0) is 68.0 Å². The van der Waals surface area contributed by atoms with Crippen molar-refractivity contribution in [3.63, 3.8) is 0 Å². The highest BCUT2D eigenvalue weighted by Gasteiger charge is 2.29. The van der Waals surface area contributed by atoms with Gasteiger partial charge in [-0.1, -0.05) is 25.0 Å². The number of nitrogens with zero attached hydrogens (tertiary/aromatic N) is 1. The zero-order valence-corrected chi connectivity index (χ0v) is 18.3. The molecule has 7 heteroatoms. The van der Waals surface area contributed by atoms with Crippen LogP contribution in [0.2, 0.25) is 0 Å². The normalized spacial score (nSPS) is 17.1. The number of anilines is 1. The SMILES string of the molecule is COc1ccc(C)c2c1N(C(=O)c1cccc(S(=O)(=O)NC3CCCC3)c1)CCC2. The van der Waals surface area contributed by atoms with Gasteiger partial charge in [-0.15, -0.1) is 0 Å². The van der Waals surface area contributed by atoms with Crippen molar-refractivity contribution in [2.24, 2.45) is 0 Å². The molecule has 1 heterocycles. The molecule has 0 spiro atoms. The van der Waals surface area contributed by atoms with Crippen molar-refractivity contribution < 1.29 is 17.9 Å². The minimum absolute atomic E-state index is 0.0180. The van der Waals surface area contributed by atoms with Gasteiger partial charge in [-0.25, -0.2) is 13.1 Å². The lowest BCUT2D eigenvalue weighted by molar-refractivity contribution is 0.0984. The van der Waals surface area contributed by atoms with Gasteiger partial charge in [0.1, 0.15) is 5.75 Å². The van der Waals surface area contributed by atoms with E-state index < -0.39 is 10.0 Å². The summed E-state index contributed by atoms with van der Waals surface area (Å²) in [7, 11) is -2.05. The average Bonchev–Trinajstić information content (AvgIpc) is 3.26. The third-order valence-corrected chi connectivity index (χ3v) is 7.61. The molecule has 0 saturated heterocycles. The third-order valence-electron chi connectivity index (χ3n) is 6.09. The highest BCUT2D eigenvalue weighted by Crippen LogP contribution is 2.39. The van der Waals surface area contributed by atoms with Gasteiger partial charge in [0.15, 0.2) is 0 Å². The van der Waals surface area contributed by atoms with E-state index in [2.05, 4.69) is 4.72 Å². The molecule has 2 aliphatic rings. The topological polar surface area (TPSA) is 75.7 Å². The molecule has 1 fully saturated rings. The molecular formula is C23H28N2O4S. The minimum Gasteiger partial charge on any atom is -0.495 e. The molecular weight excluding hydrogens is 400 g/mol. The van der Waals surface area contributed by atoms with Gasteiger partial charge in [-0.3, -0.25) is 4.79 Å². The predicted octanol–water partition coefficient (Wildman–Crippen LogP) is 3.82. The average molecular weight is 429 g/mol. The van der Waals surface area contributed by atoms with E-state index in [0.29, 0.717) is 17.9 Å². The molecule has 160 valence electrons. The first-order valence-corrected chi connectivity index (χ1v) is 12.0. The van der Waals surface area contributed by atoms with Crippen LogP contribution < -0.4 is 14.4 Å². The molecule has 0 atom stereocenters. The van der Waals surface area contributed by atoms with E-state index in [0.717, 1.165) is 55.3 Å². The maximum Gasteiger partial charge on any atom is 0.258 e. The standard InChI is InChI=1S/C23H28N2O4S/c1-16-12-13-21(29-2)22-20(16)11-6-14-25(22)23(26)17-7-5-10-19(15-17)30(27,28)24-18-8-3-4-9-18/h5,7,10,12-13,15,18,24H,3-4,6,8-9,11,14H2,1-2H3. The monoisotopic (exact) mass is 428 g/mol. The largest absolute Gasteiger partial charge is 0.495 e. The first-order chi connectivity index (χ1) is 14.4. The van der Waals surface area contributed by atoms with Crippen molar-refractivity contribution in [2.75, 3.05) is 18.6 Å². The van der Waals surface area contributed by atoms with Crippen LogP contribution in [0.5, 0.6) is 5.75 Å². The van der Waals surface area contributed by atoms with Gasteiger partial charge in [0.2, 0.25) is 10.0 Å². The fraction of sp³-hybridized carbons (Fsp3) is 0.435. The number of aryl methyl sites for hydroxylation is 1. The zero-order chi connectivity index (χ0) is 21.3. The lowest BCUT2D eigenvalue weighted by Crippen LogP contribution is -2.36. The molecule has 0 unspecified atom stereocenters. The number of carbonyl (C=O) groups is 1. The maximum atomic E-state index is 13.4. The Morgan fingerprint density at radius 3 is 2.63 bits per heavy atom. The summed E-state index contributed by atoms with van der Waals surface area (Å²) in [6.07, 6.45) is 5.56. The summed E-state index contributed by atoms with van der Waals surface area (Å²) in [4.78, 5) is 15.3. The first kappa shape index (κ1) is 20.9. The van der Waals surface area contributed by atoms with Crippen molar-refractivity contribution in [1.29, 1.82) is 0 Å². The second-order valence-corrected chi connectivity index (χ2v) is 9.82. The Labute approximate surface area is 178 Å². The highest BCUT2D eigenvalue weighted by atomic mass is 32.2. The van der Waals surface area contributed by atoms with Crippen LogP contribution in [0.4, 0.5) is 5.69 Å².